The normalized spacial score (nSPS) is 23.9. The van der Waals surface area contributed by atoms with Crippen LogP contribution in [0.5, 0.6) is 0 Å². The number of nitrogens with two attached hydrogens (primary N) is 1. The number of hydrogen-bond donors (Lipinski definition) is 2. The molecular weight excluding hydrogens is 236 g/mol. The van der Waals surface area contributed by atoms with Gasteiger partial charge in [0.05, 0.1) is 6.10 Å². The van der Waals surface area contributed by atoms with E-state index in [9.17, 15) is 0 Å². The highest BCUT2D eigenvalue weighted by atomic mass is 32.2. The van der Waals surface area contributed by atoms with Crippen LogP contribution in [0.1, 0.15) is 26.1 Å². The second kappa shape index (κ2) is 5.66. The SMILES string of the molecule is CCc1nc(NN)cc(SC2CCOC2C)n1. The third-order valence-corrected chi connectivity index (χ3v) is 4.16. The van der Waals surface area contributed by atoms with Gasteiger partial charge in [-0.2, -0.15) is 0 Å². The molecule has 94 valence electrons. The topological polar surface area (TPSA) is 73.1 Å². The van der Waals surface area contributed by atoms with E-state index in [2.05, 4.69) is 22.3 Å². The lowest BCUT2D eigenvalue weighted by Gasteiger charge is -2.13. The monoisotopic (exact) mass is 254 g/mol. The fraction of sp³-hybridized carbons (Fsp3) is 0.636. The van der Waals surface area contributed by atoms with Crippen molar-refractivity contribution >= 4 is 17.6 Å². The maximum absolute atomic E-state index is 5.55. The Bertz CT molecular complexity index is 365. The van der Waals surface area contributed by atoms with E-state index in [-0.39, 0.29) is 6.10 Å². The molecule has 1 saturated heterocycles. The fourth-order valence-corrected chi connectivity index (χ4v) is 2.92. The molecule has 0 spiro atoms. The van der Waals surface area contributed by atoms with Crippen LogP contribution in [-0.2, 0) is 11.2 Å². The first-order chi connectivity index (χ1) is 8.22. The molecule has 1 aromatic heterocycles. The molecule has 0 saturated carbocycles. The molecule has 0 amide bonds. The van der Waals surface area contributed by atoms with E-state index in [0.29, 0.717) is 11.1 Å². The number of aromatic nitrogens is 2. The first kappa shape index (κ1) is 12.6. The molecule has 2 rings (SSSR count). The smallest absolute Gasteiger partial charge is 0.144 e. The third kappa shape index (κ3) is 3.08. The minimum absolute atomic E-state index is 0.286. The predicted octanol–water partition coefficient (Wildman–Crippen LogP) is 1.59. The van der Waals surface area contributed by atoms with Crippen LogP contribution in [0.4, 0.5) is 5.82 Å². The van der Waals surface area contributed by atoms with Gasteiger partial charge in [-0.15, -0.1) is 11.8 Å². The minimum Gasteiger partial charge on any atom is -0.377 e. The number of thioether (sulfide) groups is 1. The van der Waals surface area contributed by atoms with E-state index in [1.54, 1.807) is 11.8 Å². The van der Waals surface area contributed by atoms with Crippen molar-refractivity contribution in [2.75, 3.05) is 12.0 Å². The van der Waals surface area contributed by atoms with Crippen molar-refractivity contribution in [2.24, 2.45) is 5.84 Å². The highest BCUT2D eigenvalue weighted by molar-refractivity contribution is 7.99. The quantitative estimate of drug-likeness (QED) is 0.483. The third-order valence-electron chi connectivity index (χ3n) is 2.79. The summed E-state index contributed by atoms with van der Waals surface area (Å²) in [6, 6.07) is 1.88. The number of anilines is 1. The molecule has 0 bridgehead atoms. The van der Waals surface area contributed by atoms with Crippen molar-refractivity contribution in [3.8, 4) is 0 Å². The molecule has 1 aliphatic rings. The Morgan fingerprint density at radius 1 is 1.59 bits per heavy atom. The van der Waals surface area contributed by atoms with Gasteiger partial charge in [-0.3, -0.25) is 0 Å². The standard InChI is InChI=1S/C11H18N4OS/c1-3-9-13-10(15-12)6-11(14-9)17-8-4-5-16-7(8)2/h6-8H,3-5,12H2,1-2H3,(H,13,14,15). The summed E-state index contributed by atoms with van der Waals surface area (Å²) in [5.74, 6) is 6.89. The van der Waals surface area contributed by atoms with Gasteiger partial charge in [-0.1, -0.05) is 6.92 Å². The summed E-state index contributed by atoms with van der Waals surface area (Å²) >= 11 is 1.75. The lowest BCUT2D eigenvalue weighted by Crippen LogP contribution is -2.14. The lowest BCUT2D eigenvalue weighted by atomic mass is 10.3. The summed E-state index contributed by atoms with van der Waals surface area (Å²) in [5.41, 5.74) is 2.58. The van der Waals surface area contributed by atoms with Gasteiger partial charge in [0.15, 0.2) is 0 Å². The summed E-state index contributed by atoms with van der Waals surface area (Å²) < 4.78 is 5.55. The molecular formula is C11H18N4OS. The van der Waals surface area contributed by atoms with E-state index in [4.69, 9.17) is 10.6 Å². The molecule has 1 fully saturated rings. The zero-order valence-electron chi connectivity index (χ0n) is 10.1. The van der Waals surface area contributed by atoms with Crippen molar-refractivity contribution < 1.29 is 4.74 Å². The molecule has 0 radical (unpaired) electrons. The second-order valence-corrected chi connectivity index (χ2v) is 5.29. The number of hydrogen-bond acceptors (Lipinski definition) is 6. The van der Waals surface area contributed by atoms with Crippen molar-refractivity contribution in [3.63, 3.8) is 0 Å². The first-order valence-electron chi connectivity index (χ1n) is 5.85. The van der Waals surface area contributed by atoms with Crippen LogP contribution < -0.4 is 11.3 Å². The molecule has 2 unspecified atom stereocenters. The predicted molar refractivity (Wildman–Crippen MR) is 68.9 cm³/mol. The molecule has 2 heterocycles. The van der Waals surface area contributed by atoms with Gasteiger partial charge < -0.3 is 10.2 Å². The summed E-state index contributed by atoms with van der Waals surface area (Å²) in [5, 5.41) is 1.44. The Labute approximate surface area is 106 Å². The molecule has 17 heavy (non-hydrogen) atoms. The van der Waals surface area contributed by atoms with E-state index >= 15 is 0 Å². The second-order valence-electron chi connectivity index (χ2n) is 4.03. The molecule has 2 atom stereocenters. The Hall–Kier alpha value is -0.850. The van der Waals surface area contributed by atoms with Crippen LogP contribution in [0.15, 0.2) is 11.1 Å². The van der Waals surface area contributed by atoms with Gasteiger partial charge in [-0.25, -0.2) is 15.8 Å². The number of aryl methyl sites for hydroxylation is 1. The number of hydrazine groups is 1. The fourth-order valence-electron chi connectivity index (χ4n) is 1.79. The maximum Gasteiger partial charge on any atom is 0.144 e. The Morgan fingerprint density at radius 2 is 2.41 bits per heavy atom. The summed E-state index contributed by atoms with van der Waals surface area (Å²) in [4.78, 5) is 8.77. The highest BCUT2D eigenvalue weighted by Crippen LogP contribution is 2.32. The number of nitrogens with zero attached hydrogens (tertiary/aromatic N) is 2. The molecule has 6 heteroatoms. The van der Waals surface area contributed by atoms with Gasteiger partial charge in [0.2, 0.25) is 0 Å². The number of rotatable bonds is 4. The van der Waals surface area contributed by atoms with Crippen LogP contribution in [0.2, 0.25) is 0 Å². The van der Waals surface area contributed by atoms with Crippen molar-refractivity contribution in [3.05, 3.63) is 11.9 Å². The van der Waals surface area contributed by atoms with Crippen LogP contribution in [0.25, 0.3) is 0 Å². The van der Waals surface area contributed by atoms with Crippen LogP contribution >= 0.6 is 11.8 Å². The molecule has 1 aliphatic heterocycles. The zero-order chi connectivity index (χ0) is 12.3. The van der Waals surface area contributed by atoms with E-state index in [0.717, 1.165) is 30.3 Å². The summed E-state index contributed by atoms with van der Waals surface area (Å²) in [7, 11) is 0. The Morgan fingerprint density at radius 3 is 3.00 bits per heavy atom. The molecule has 5 nitrogen and oxygen atoms in total. The van der Waals surface area contributed by atoms with E-state index < -0.39 is 0 Å². The van der Waals surface area contributed by atoms with Gasteiger partial charge in [0.1, 0.15) is 16.7 Å². The lowest BCUT2D eigenvalue weighted by molar-refractivity contribution is 0.127. The van der Waals surface area contributed by atoms with Gasteiger partial charge in [0.25, 0.3) is 0 Å². The first-order valence-corrected chi connectivity index (χ1v) is 6.73. The van der Waals surface area contributed by atoms with Crippen LogP contribution in [0.3, 0.4) is 0 Å². The van der Waals surface area contributed by atoms with Crippen LogP contribution in [-0.4, -0.2) is 27.9 Å². The van der Waals surface area contributed by atoms with E-state index in [1.807, 2.05) is 13.0 Å². The summed E-state index contributed by atoms with van der Waals surface area (Å²) in [6.45, 7) is 4.98. The van der Waals surface area contributed by atoms with Crippen molar-refractivity contribution in [1.29, 1.82) is 0 Å². The molecule has 3 N–H and O–H groups in total. The summed E-state index contributed by atoms with van der Waals surface area (Å²) in [6.07, 6.45) is 2.16. The molecule has 0 aromatic carbocycles. The molecule has 0 aliphatic carbocycles. The minimum atomic E-state index is 0.286. The number of nitrogen functional groups attached to an aromatic ring is 1. The van der Waals surface area contributed by atoms with E-state index in [1.165, 1.54) is 0 Å². The maximum atomic E-state index is 5.55. The van der Waals surface area contributed by atoms with Crippen molar-refractivity contribution in [2.45, 2.75) is 43.1 Å². The zero-order valence-corrected chi connectivity index (χ0v) is 11.0. The Kier molecular flexibility index (Phi) is 4.20. The molecule has 1 aromatic rings. The van der Waals surface area contributed by atoms with Crippen molar-refractivity contribution in [1.82, 2.24) is 9.97 Å². The Balaban J connectivity index is 2.14. The number of nitrogens with one attached hydrogen (secondary N) is 1. The average Bonchev–Trinajstić information content (AvgIpc) is 2.74. The largest absolute Gasteiger partial charge is 0.377 e. The average molecular weight is 254 g/mol. The van der Waals surface area contributed by atoms with Gasteiger partial charge >= 0.3 is 0 Å². The highest BCUT2D eigenvalue weighted by Gasteiger charge is 2.25. The van der Waals surface area contributed by atoms with Crippen LogP contribution in [0, 0.1) is 0 Å². The number of ether oxygens (including phenoxy) is 1. The van der Waals surface area contributed by atoms with Gasteiger partial charge in [0, 0.05) is 24.3 Å². The van der Waals surface area contributed by atoms with Gasteiger partial charge in [-0.05, 0) is 13.3 Å².